The lowest BCUT2D eigenvalue weighted by Gasteiger charge is -2.05. The summed E-state index contributed by atoms with van der Waals surface area (Å²) >= 11 is 3.77. The van der Waals surface area contributed by atoms with Crippen LogP contribution in [0.5, 0.6) is 0 Å². The molecule has 0 fully saturated rings. The molecule has 0 saturated heterocycles. The standard InChI is InChI=1S/C5H10N2O2S3/c6-3(1-2-4(7)8)5(9)11-12-10/h3,10H,1-2,6H2,(H2,7,8). The third-order valence-corrected chi connectivity index (χ3v) is 3.05. The van der Waals surface area contributed by atoms with Crippen molar-refractivity contribution in [3.63, 3.8) is 0 Å². The van der Waals surface area contributed by atoms with Crippen LogP contribution in [0.3, 0.4) is 0 Å². The first-order valence-electron chi connectivity index (χ1n) is 3.13. The lowest BCUT2D eigenvalue weighted by molar-refractivity contribution is -0.118. The summed E-state index contributed by atoms with van der Waals surface area (Å²) in [5.74, 6) is -0.443. The first-order chi connectivity index (χ1) is 5.57. The number of carbonyl (C=O) groups is 2. The molecule has 0 heterocycles. The third-order valence-electron chi connectivity index (χ3n) is 1.12. The Kier molecular flexibility index (Phi) is 6.73. The molecule has 12 heavy (non-hydrogen) atoms. The Balaban J connectivity index is 3.63. The normalized spacial score (nSPS) is 12.5. The highest BCUT2D eigenvalue weighted by atomic mass is 33.5. The van der Waals surface area contributed by atoms with E-state index in [9.17, 15) is 9.59 Å². The van der Waals surface area contributed by atoms with Gasteiger partial charge in [-0.3, -0.25) is 9.59 Å². The molecule has 0 aromatic carbocycles. The average molecular weight is 226 g/mol. The summed E-state index contributed by atoms with van der Waals surface area (Å²) in [5.41, 5.74) is 10.3. The van der Waals surface area contributed by atoms with Crippen molar-refractivity contribution in [2.24, 2.45) is 11.5 Å². The topological polar surface area (TPSA) is 86.2 Å². The van der Waals surface area contributed by atoms with E-state index in [1.807, 2.05) is 0 Å². The van der Waals surface area contributed by atoms with Crippen molar-refractivity contribution in [3.05, 3.63) is 0 Å². The van der Waals surface area contributed by atoms with E-state index in [1.165, 1.54) is 0 Å². The number of rotatable bonds is 5. The molecule has 0 aliphatic heterocycles. The number of amides is 1. The van der Waals surface area contributed by atoms with Gasteiger partial charge in [-0.25, -0.2) is 0 Å². The molecule has 1 atom stereocenters. The fourth-order valence-electron chi connectivity index (χ4n) is 0.514. The zero-order valence-electron chi connectivity index (χ0n) is 6.23. The summed E-state index contributed by atoms with van der Waals surface area (Å²) in [5, 5.41) is -0.184. The minimum absolute atomic E-state index is 0.144. The van der Waals surface area contributed by atoms with E-state index < -0.39 is 11.9 Å². The Morgan fingerprint density at radius 3 is 2.50 bits per heavy atom. The Morgan fingerprint density at radius 1 is 1.50 bits per heavy atom. The van der Waals surface area contributed by atoms with Crippen molar-refractivity contribution >= 4 is 43.3 Å². The predicted octanol–water partition coefficient (Wildman–Crippen LogP) is 0.332. The van der Waals surface area contributed by atoms with Crippen LogP contribution >= 0.6 is 32.3 Å². The van der Waals surface area contributed by atoms with Crippen molar-refractivity contribution in [2.75, 3.05) is 0 Å². The molecular weight excluding hydrogens is 216 g/mol. The molecule has 0 rings (SSSR count). The zero-order chi connectivity index (χ0) is 9.56. The Hall–Kier alpha value is 0.150. The van der Waals surface area contributed by atoms with Crippen molar-refractivity contribution in [2.45, 2.75) is 18.9 Å². The first kappa shape index (κ1) is 12.2. The molecule has 0 spiro atoms. The second kappa shape index (κ2) is 6.64. The monoisotopic (exact) mass is 226 g/mol. The molecule has 0 aromatic rings. The summed E-state index contributed by atoms with van der Waals surface area (Å²) in [4.78, 5) is 21.3. The Bertz CT molecular complexity index is 176. The lowest BCUT2D eigenvalue weighted by atomic mass is 10.2. The highest BCUT2D eigenvalue weighted by Crippen LogP contribution is 2.26. The Morgan fingerprint density at radius 2 is 2.08 bits per heavy atom. The largest absolute Gasteiger partial charge is 0.370 e. The average Bonchev–Trinajstić information content (AvgIpc) is 2.00. The molecule has 4 N–H and O–H groups in total. The van der Waals surface area contributed by atoms with Gasteiger partial charge in [0.05, 0.1) is 6.04 Å². The molecule has 0 bridgehead atoms. The van der Waals surface area contributed by atoms with E-state index >= 15 is 0 Å². The summed E-state index contributed by atoms with van der Waals surface area (Å²) in [6, 6.07) is -0.623. The third kappa shape index (κ3) is 5.76. The molecule has 0 aromatic heterocycles. The SMILES string of the molecule is NC(=O)CCC(N)C(=O)SSS. The van der Waals surface area contributed by atoms with Crippen molar-refractivity contribution < 1.29 is 9.59 Å². The van der Waals surface area contributed by atoms with Crippen LogP contribution < -0.4 is 11.5 Å². The molecule has 0 saturated carbocycles. The minimum Gasteiger partial charge on any atom is -0.370 e. The first-order valence-corrected chi connectivity index (χ1v) is 6.34. The van der Waals surface area contributed by atoms with Gasteiger partial charge in [0.2, 0.25) is 11.0 Å². The Labute approximate surface area is 83.4 Å². The van der Waals surface area contributed by atoms with Crippen LogP contribution in [0.25, 0.3) is 0 Å². The minimum atomic E-state index is -0.623. The second-order valence-corrected chi connectivity index (χ2v) is 5.10. The quantitative estimate of drug-likeness (QED) is 0.464. The van der Waals surface area contributed by atoms with Gasteiger partial charge >= 0.3 is 0 Å². The maximum atomic E-state index is 11.0. The van der Waals surface area contributed by atoms with Gasteiger partial charge in [-0.15, -0.1) is 0 Å². The molecule has 70 valence electrons. The summed E-state index contributed by atoms with van der Waals surface area (Å²) in [7, 11) is 1.99. The van der Waals surface area contributed by atoms with Gasteiger partial charge in [-0.1, -0.05) is 11.7 Å². The van der Waals surface area contributed by atoms with Crippen LogP contribution in [0.15, 0.2) is 0 Å². The number of hydrogen-bond donors (Lipinski definition) is 3. The van der Waals surface area contributed by atoms with E-state index in [4.69, 9.17) is 11.5 Å². The summed E-state index contributed by atoms with van der Waals surface area (Å²) in [6.07, 6.45) is 0.445. The van der Waals surface area contributed by atoms with Crippen LogP contribution in [0.4, 0.5) is 0 Å². The lowest BCUT2D eigenvalue weighted by Crippen LogP contribution is -2.29. The summed E-state index contributed by atoms with van der Waals surface area (Å²) in [6.45, 7) is 0. The van der Waals surface area contributed by atoms with Gasteiger partial charge < -0.3 is 11.5 Å². The number of primary amides is 1. The van der Waals surface area contributed by atoms with Gasteiger partial charge in [0.25, 0.3) is 0 Å². The van der Waals surface area contributed by atoms with Crippen molar-refractivity contribution in [3.8, 4) is 0 Å². The van der Waals surface area contributed by atoms with E-state index in [0.717, 1.165) is 20.6 Å². The zero-order valence-corrected chi connectivity index (χ0v) is 8.75. The van der Waals surface area contributed by atoms with Gasteiger partial charge in [-0.05, 0) is 27.0 Å². The highest BCUT2D eigenvalue weighted by molar-refractivity contribution is 9.08. The van der Waals surface area contributed by atoms with Gasteiger partial charge in [0, 0.05) is 6.42 Å². The van der Waals surface area contributed by atoms with Crippen LogP contribution in [0.1, 0.15) is 12.8 Å². The maximum Gasteiger partial charge on any atom is 0.217 e. The van der Waals surface area contributed by atoms with Gasteiger partial charge in [0.15, 0.2) is 0 Å². The number of hydrogen-bond acceptors (Lipinski definition) is 6. The van der Waals surface area contributed by atoms with Crippen LogP contribution in [0, 0.1) is 0 Å². The highest BCUT2D eigenvalue weighted by Gasteiger charge is 2.14. The van der Waals surface area contributed by atoms with Crippen LogP contribution in [-0.4, -0.2) is 17.1 Å². The fraction of sp³-hybridized carbons (Fsp3) is 0.600. The number of nitrogens with two attached hydrogens (primary N) is 2. The molecule has 0 aliphatic rings. The molecular formula is C5H10N2O2S3. The molecule has 4 nitrogen and oxygen atoms in total. The molecule has 7 heteroatoms. The number of thiol groups is 1. The smallest absolute Gasteiger partial charge is 0.217 e. The number of carbonyl (C=O) groups excluding carboxylic acids is 2. The van der Waals surface area contributed by atoms with Crippen LogP contribution in [-0.2, 0) is 9.59 Å². The van der Waals surface area contributed by atoms with Crippen LogP contribution in [0.2, 0.25) is 0 Å². The van der Waals surface area contributed by atoms with Crippen molar-refractivity contribution in [1.29, 1.82) is 0 Å². The predicted molar refractivity (Wildman–Crippen MR) is 55.6 cm³/mol. The van der Waals surface area contributed by atoms with E-state index in [2.05, 4.69) is 11.7 Å². The van der Waals surface area contributed by atoms with E-state index in [1.54, 1.807) is 0 Å². The molecule has 1 unspecified atom stereocenters. The van der Waals surface area contributed by atoms with Gasteiger partial charge in [-0.2, -0.15) is 0 Å². The van der Waals surface area contributed by atoms with Crippen molar-refractivity contribution in [1.82, 2.24) is 0 Å². The maximum absolute atomic E-state index is 11.0. The van der Waals surface area contributed by atoms with E-state index in [-0.39, 0.29) is 11.5 Å². The summed E-state index contributed by atoms with van der Waals surface area (Å²) < 4.78 is 0. The van der Waals surface area contributed by atoms with E-state index in [0.29, 0.717) is 6.42 Å². The van der Waals surface area contributed by atoms with Gasteiger partial charge in [0.1, 0.15) is 0 Å². The fourth-order valence-corrected chi connectivity index (χ4v) is 2.08. The second-order valence-electron chi connectivity index (χ2n) is 2.09. The molecule has 1 amide bonds. The molecule has 0 radical (unpaired) electrons. The molecule has 0 aliphatic carbocycles.